The maximum absolute atomic E-state index is 11.5. The van der Waals surface area contributed by atoms with Gasteiger partial charge in [0.05, 0.1) is 0 Å². The molecular weight excluding hydrogens is 180 g/mol. The number of carbonyl (C=O) groups excluding carboxylic acids is 1. The molecule has 0 aliphatic carbocycles. The van der Waals surface area contributed by atoms with Crippen LogP contribution >= 0.6 is 11.3 Å². The van der Waals surface area contributed by atoms with Gasteiger partial charge in [-0.15, -0.1) is 11.3 Å². The van der Waals surface area contributed by atoms with Gasteiger partial charge < -0.3 is 0 Å². The molecule has 72 valence electrons. The van der Waals surface area contributed by atoms with Gasteiger partial charge in [0, 0.05) is 22.2 Å². The van der Waals surface area contributed by atoms with Gasteiger partial charge in [-0.05, 0) is 19.4 Å². The minimum atomic E-state index is 0.304. The van der Waals surface area contributed by atoms with E-state index in [-0.39, 0.29) is 0 Å². The van der Waals surface area contributed by atoms with Crippen molar-refractivity contribution < 1.29 is 4.79 Å². The van der Waals surface area contributed by atoms with Crippen LogP contribution in [-0.2, 0) is 0 Å². The van der Waals surface area contributed by atoms with E-state index in [9.17, 15) is 4.79 Å². The van der Waals surface area contributed by atoms with Crippen LogP contribution in [0.1, 0.15) is 47.8 Å². The monoisotopic (exact) mass is 196 g/mol. The predicted molar refractivity (Wildman–Crippen MR) is 57.5 cm³/mol. The lowest BCUT2D eigenvalue weighted by Gasteiger charge is -1.96. The second kappa shape index (κ2) is 5.18. The SMILES string of the molecule is CCCCCC(=O)c1csc(C)c1. The highest BCUT2D eigenvalue weighted by Crippen LogP contribution is 2.15. The van der Waals surface area contributed by atoms with Crippen molar-refractivity contribution in [1.29, 1.82) is 0 Å². The fourth-order valence-electron chi connectivity index (χ4n) is 1.27. The lowest BCUT2D eigenvalue weighted by Crippen LogP contribution is -1.96. The minimum absolute atomic E-state index is 0.304. The molecule has 1 rings (SSSR count). The van der Waals surface area contributed by atoms with Crippen molar-refractivity contribution in [2.75, 3.05) is 0 Å². The lowest BCUT2D eigenvalue weighted by atomic mass is 10.1. The highest BCUT2D eigenvalue weighted by atomic mass is 32.1. The fourth-order valence-corrected chi connectivity index (χ4v) is 1.98. The number of hydrogen-bond donors (Lipinski definition) is 0. The topological polar surface area (TPSA) is 17.1 Å². The van der Waals surface area contributed by atoms with Gasteiger partial charge in [-0.25, -0.2) is 0 Å². The van der Waals surface area contributed by atoms with Crippen molar-refractivity contribution in [2.45, 2.75) is 39.5 Å². The number of unbranched alkanes of at least 4 members (excludes halogenated alkanes) is 2. The van der Waals surface area contributed by atoms with Gasteiger partial charge in [0.1, 0.15) is 0 Å². The Kier molecular flexibility index (Phi) is 4.16. The fraction of sp³-hybridized carbons (Fsp3) is 0.545. The van der Waals surface area contributed by atoms with Crippen LogP contribution in [0.15, 0.2) is 11.4 Å². The first-order chi connectivity index (χ1) is 6.24. The van der Waals surface area contributed by atoms with Crippen molar-refractivity contribution >= 4 is 17.1 Å². The average molecular weight is 196 g/mol. The van der Waals surface area contributed by atoms with Crippen molar-refractivity contribution in [3.63, 3.8) is 0 Å². The molecule has 1 aromatic rings. The molecule has 2 heteroatoms. The third-order valence-electron chi connectivity index (χ3n) is 2.06. The molecule has 13 heavy (non-hydrogen) atoms. The van der Waals surface area contributed by atoms with Crippen LogP contribution in [-0.4, -0.2) is 5.78 Å². The lowest BCUT2D eigenvalue weighted by molar-refractivity contribution is 0.0979. The Balaban J connectivity index is 2.40. The Morgan fingerprint density at radius 1 is 1.46 bits per heavy atom. The summed E-state index contributed by atoms with van der Waals surface area (Å²) in [6.45, 7) is 4.19. The summed E-state index contributed by atoms with van der Waals surface area (Å²) in [5.41, 5.74) is 0.901. The first-order valence-corrected chi connectivity index (χ1v) is 5.70. The van der Waals surface area contributed by atoms with E-state index in [1.54, 1.807) is 11.3 Å². The van der Waals surface area contributed by atoms with Crippen LogP contribution in [0.5, 0.6) is 0 Å². The molecule has 0 spiro atoms. The summed E-state index contributed by atoms with van der Waals surface area (Å²) in [7, 11) is 0. The molecule has 0 bridgehead atoms. The molecule has 0 aliphatic heterocycles. The van der Waals surface area contributed by atoms with Crippen LogP contribution < -0.4 is 0 Å². The van der Waals surface area contributed by atoms with E-state index in [1.807, 2.05) is 18.4 Å². The van der Waals surface area contributed by atoms with Crippen LogP contribution in [0.3, 0.4) is 0 Å². The Hall–Kier alpha value is -0.630. The van der Waals surface area contributed by atoms with E-state index >= 15 is 0 Å². The predicted octanol–water partition coefficient (Wildman–Crippen LogP) is 3.82. The van der Waals surface area contributed by atoms with Crippen LogP contribution in [0.25, 0.3) is 0 Å². The zero-order valence-electron chi connectivity index (χ0n) is 8.30. The Morgan fingerprint density at radius 2 is 2.23 bits per heavy atom. The van der Waals surface area contributed by atoms with Crippen molar-refractivity contribution in [3.8, 4) is 0 Å². The number of carbonyl (C=O) groups is 1. The second-order valence-corrected chi connectivity index (χ2v) is 4.44. The van der Waals surface area contributed by atoms with Gasteiger partial charge in [-0.1, -0.05) is 19.8 Å². The normalized spacial score (nSPS) is 10.3. The molecule has 0 saturated heterocycles. The van der Waals surface area contributed by atoms with Crippen molar-refractivity contribution in [3.05, 3.63) is 21.9 Å². The van der Waals surface area contributed by atoms with Gasteiger partial charge in [0.2, 0.25) is 0 Å². The maximum Gasteiger partial charge on any atom is 0.163 e. The molecule has 1 heterocycles. The van der Waals surface area contributed by atoms with Gasteiger partial charge in [-0.2, -0.15) is 0 Å². The van der Waals surface area contributed by atoms with Gasteiger partial charge in [0.25, 0.3) is 0 Å². The quantitative estimate of drug-likeness (QED) is 0.517. The molecule has 0 radical (unpaired) electrons. The number of rotatable bonds is 5. The van der Waals surface area contributed by atoms with E-state index in [0.29, 0.717) is 12.2 Å². The number of hydrogen-bond acceptors (Lipinski definition) is 2. The number of aryl methyl sites for hydroxylation is 1. The van der Waals surface area contributed by atoms with Gasteiger partial charge in [-0.3, -0.25) is 4.79 Å². The van der Waals surface area contributed by atoms with Crippen LogP contribution in [0.2, 0.25) is 0 Å². The number of ketones is 1. The molecule has 0 N–H and O–H groups in total. The molecule has 0 fully saturated rings. The highest BCUT2D eigenvalue weighted by molar-refractivity contribution is 7.10. The second-order valence-electron chi connectivity index (χ2n) is 3.33. The van der Waals surface area contributed by atoms with Crippen molar-refractivity contribution in [2.24, 2.45) is 0 Å². The Bertz CT molecular complexity index is 275. The Labute approximate surface area is 83.8 Å². The third kappa shape index (κ3) is 3.31. The summed E-state index contributed by atoms with van der Waals surface area (Å²) in [4.78, 5) is 12.8. The van der Waals surface area contributed by atoms with E-state index < -0.39 is 0 Å². The smallest absolute Gasteiger partial charge is 0.163 e. The summed E-state index contributed by atoms with van der Waals surface area (Å²) in [6, 6.07) is 1.99. The van der Waals surface area contributed by atoms with E-state index in [2.05, 4.69) is 6.92 Å². The summed E-state index contributed by atoms with van der Waals surface area (Å²) in [6.07, 6.45) is 4.08. The van der Waals surface area contributed by atoms with Crippen LogP contribution in [0, 0.1) is 6.92 Å². The Morgan fingerprint density at radius 3 is 2.77 bits per heavy atom. The summed E-state index contributed by atoms with van der Waals surface area (Å²) in [5, 5.41) is 1.96. The molecule has 0 atom stereocenters. The maximum atomic E-state index is 11.5. The largest absolute Gasteiger partial charge is 0.294 e. The number of Topliss-reactive ketones (excluding diaryl/α,β-unsaturated/α-hetero) is 1. The van der Waals surface area contributed by atoms with E-state index in [4.69, 9.17) is 0 Å². The first kappa shape index (κ1) is 10.5. The molecule has 0 unspecified atom stereocenters. The number of thiophene rings is 1. The summed E-state index contributed by atoms with van der Waals surface area (Å²) >= 11 is 1.65. The zero-order valence-corrected chi connectivity index (χ0v) is 9.12. The summed E-state index contributed by atoms with van der Waals surface area (Å²) < 4.78 is 0. The van der Waals surface area contributed by atoms with Crippen molar-refractivity contribution in [1.82, 2.24) is 0 Å². The third-order valence-corrected chi connectivity index (χ3v) is 2.92. The molecule has 0 saturated carbocycles. The molecule has 0 aromatic carbocycles. The van der Waals surface area contributed by atoms with E-state index in [0.717, 1.165) is 18.4 Å². The van der Waals surface area contributed by atoms with Gasteiger partial charge in [0.15, 0.2) is 5.78 Å². The first-order valence-electron chi connectivity index (χ1n) is 4.82. The van der Waals surface area contributed by atoms with Gasteiger partial charge >= 0.3 is 0 Å². The summed E-state index contributed by atoms with van der Waals surface area (Å²) in [5.74, 6) is 0.304. The standard InChI is InChI=1S/C11H16OS/c1-3-4-5-6-11(12)10-7-9(2)13-8-10/h7-8H,3-6H2,1-2H3. The minimum Gasteiger partial charge on any atom is -0.294 e. The molecule has 0 aliphatic rings. The van der Waals surface area contributed by atoms with Crippen LogP contribution in [0.4, 0.5) is 0 Å². The van der Waals surface area contributed by atoms with E-state index in [1.165, 1.54) is 11.3 Å². The molecule has 1 nitrogen and oxygen atoms in total. The molecule has 0 amide bonds. The zero-order chi connectivity index (χ0) is 9.68. The highest BCUT2D eigenvalue weighted by Gasteiger charge is 2.06. The average Bonchev–Trinajstić information content (AvgIpc) is 2.52. The molecule has 1 aromatic heterocycles. The molecular formula is C11H16OS.